The van der Waals surface area contributed by atoms with Crippen LogP contribution in [0.4, 0.5) is 0 Å². The molecule has 15 heavy (non-hydrogen) atoms. The summed E-state index contributed by atoms with van der Waals surface area (Å²) in [5.74, 6) is 0. The van der Waals surface area contributed by atoms with E-state index in [9.17, 15) is 0 Å². The van der Waals surface area contributed by atoms with Gasteiger partial charge < -0.3 is 5.11 Å². The van der Waals surface area contributed by atoms with E-state index in [0.29, 0.717) is 0 Å². The molecule has 10 rings (SSSR count). The first kappa shape index (κ1) is 5.89. The zero-order chi connectivity index (χ0) is 9.72. The molecule has 0 bridgehead atoms. The first-order valence-corrected chi connectivity index (χ1v) is 13.1. The summed E-state index contributed by atoms with van der Waals surface area (Å²) in [5, 5.41) is 7.57. The third kappa shape index (κ3) is 0.0495. The van der Waals surface area contributed by atoms with Crippen LogP contribution in [-0.4, -0.2) is 11.7 Å². The number of aliphatic hydroxyl groups is 1. The van der Waals surface area contributed by atoms with E-state index in [1.165, 1.54) is 13.9 Å². The molecule has 4 atom stereocenters. The van der Waals surface area contributed by atoms with Crippen LogP contribution in [-0.2, 0) is 6.51 Å². The molecule has 0 aromatic rings. The second-order valence-electron chi connectivity index (χ2n) is 10.4. The normalized spacial score (nSPS) is 132. The van der Waals surface area contributed by atoms with Gasteiger partial charge in [-0.1, -0.05) is 0 Å². The molecule has 0 aromatic heterocycles. The Labute approximate surface area is 79.9 Å². The van der Waals surface area contributed by atoms with Gasteiger partial charge in [0.1, 0.15) is 0 Å². The first-order chi connectivity index (χ1) is 6.96. The Morgan fingerprint density at radius 1 is 0.933 bits per heavy atom. The fourth-order valence-corrected chi connectivity index (χ4v) is 92.6. The maximum atomic E-state index is 7.57. The second kappa shape index (κ2) is 0.416. The van der Waals surface area contributed by atoms with E-state index in [1.54, 1.807) is 40.6 Å². The molecule has 10 aliphatic rings. The van der Waals surface area contributed by atoms with Gasteiger partial charge in [-0.15, -0.1) is 0 Å². The van der Waals surface area contributed by atoms with Crippen molar-refractivity contribution >= 4 is 0 Å². The van der Waals surface area contributed by atoms with Gasteiger partial charge in [-0.3, -0.25) is 0 Å². The van der Waals surface area contributed by atoms with Crippen LogP contribution < -0.4 is 0 Å². The number of aliphatic hydroxyl groups excluding tert-OH is 1. The van der Waals surface area contributed by atoms with Crippen molar-refractivity contribution in [2.24, 2.45) is 0 Å². The second-order valence-corrected chi connectivity index (χ2v) is 34.2. The Balaban J connectivity index is 0.000000165. The van der Waals surface area contributed by atoms with Crippen molar-refractivity contribution in [3.05, 3.63) is 0 Å². The predicted molar refractivity (Wildman–Crippen MR) is 54.9 cm³/mol. The fraction of sp³-hybridized carbons (Fsp3) is 1.00. The molecule has 4 unspecified atom stereocenters. The third-order valence-electron chi connectivity index (χ3n) is 15.4. The maximum absolute atomic E-state index is 7.57. The van der Waals surface area contributed by atoms with Crippen molar-refractivity contribution in [2.45, 2.75) is 61.5 Å². The molecule has 2 heteroatoms. The summed E-state index contributed by atoms with van der Waals surface area (Å²) in [6.45, 7) is 2.30. The van der Waals surface area contributed by atoms with Crippen molar-refractivity contribution < 1.29 is 11.6 Å². The molecule has 0 amide bonds. The van der Waals surface area contributed by atoms with Crippen LogP contribution in [0.25, 0.3) is 0 Å². The van der Waals surface area contributed by atoms with Crippen molar-refractivity contribution in [3.63, 3.8) is 0 Å². The molecule has 84 valence electrons. The molecule has 10 aliphatic heterocycles. The fourth-order valence-electron chi connectivity index (χ4n) is 17.3. The van der Waals surface area contributed by atoms with Gasteiger partial charge in [0.15, 0.2) is 0 Å². The Morgan fingerprint density at radius 3 is 1.27 bits per heavy atom. The monoisotopic (exact) mass is 246 g/mol. The van der Waals surface area contributed by atoms with Crippen molar-refractivity contribution in [2.75, 3.05) is 6.61 Å². The Kier molecular flexibility index (Phi) is 0.163. The van der Waals surface area contributed by atoms with Crippen LogP contribution in [0.5, 0.6) is 0 Å². The molecule has 1 N–H and O–H groups in total. The van der Waals surface area contributed by atoms with Crippen LogP contribution in [0.2, 0.25) is 47.7 Å². The van der Waals surface area contributed by atoms with Gasteiger partial charge in [-0.2, -0.15) is 0 Å². The average Bonchev–Trinajstić information content (AvgIpc) is 3.13. The molecular weight excluding hydrogens is 228 g/mol. The zero-order valence-electron chi connectivity index (χ0n) is 9.20. The number of hydrogen-bond acceptors (Lipinski definition) is 1. The zero-order valence-corrected chi connectivity index (χ0v) is 10.3. The minimum absolute atomic E-state index is 0.250. The van der Waals surface area contributed by atoms with Crippen molar-refractivity contribution in [1.82, 2.24) is 0 Å². The molecule has 0 aromatic carbocycles. The summed E-state index contributed by atoms with van der Waals surface area (Å²) in [6.07, 6.45) is 0. The molecule has 10 heterocycles. The SMILES string of the molecule is CCO.C[C]12[CH]3[CH]4[CH]5[CH]1[Fe]45321678[CH]2[CH]1[CH]6[CH]7[CH]28. The van der Waals surface area contributed by atoms with E-state index in [0.717, 1.165) is 0 Å². The summed E-state index contributed by atoms with van der Waals surface area (Å²) in [7, 11) is 0. The standard InChI is InChI=1S/C6H7.C5H5.C2H6O.Fe/c1-6-4-2-3-5-6;1-2-4-5-3-1;1-2-3;/h2-5H,1H3;1-5H;3H,2H2,1H3;. The average molecular weight is 246 g/mol. The molecule has 0 saturated carbocycles. The first-order valence-electron chi connectivity index (χ1n) is 6.78. The van der Waals surface area contributed by atoms with Gasteiger partial charge in [0, 0.05) is 6.61 Å². The van der Waals surface area contributed by atoms with Gasteiger partial charge in [-0.25, -0.2) is 0 Å². The summed E-state index contributed by atoms with van der Waals surface area (Å²) in [5.41, 5.74) is 0. The van der Waals surface area contributed by atoms with E-state index in [4.69, 9.17) is 5.11 Å². The van der Waals surface area contributed by atoms with Gasteiger partial charge in [0.2, 0.25) is 0 Å². The van der Waals surface area contributed by atoms with Gasteiger partial charge in [-0.05, 0) is 6.92 Å². The topological polar surface area (TPSA) is 20.2 Å². The van der Waals surface area contributed by atoms with E-state index in [1.807, 2.05) is 0 Å². The van der Waals surface area contributed by atoms with E-state index in [2.05, 4.69) is 6.92 Å². The number of fused-ring (bicyclic) bond motifs is 10. The van der Waals surface area contributed by atoms with E-state index in [-0.39, 0.29) is 6.61 Å². The molecular formula is C13H18FeO. The molecule has 0 radical (unpaired) electrons. The summed E-state index contributed by atoms with van der Waals surface area (Å²) in [6, 6.07) is 0. The summed E-state index contributed by atoms with van der Waals surface area (Å²) < 4.78 is 1.19. The molecule has 1 spiro atoms. The van der Waals surface area contributed by atoms with Crippen LogP contribution in [0.15, 0.2) is 0 Å². The van der Waals surface area contributed by atoms with Gasteiger partial charge >= 0.3 is 61.1 Å². The Hall–Kier alpha value is 0.479. The van der Waals surface area contributed by atoms with Crippen LogP contribution >= 0.6 is 0 Å². The molecule has 10 saturated heterocycles. The number of rotatable bonds is 0. The predicted octanol–water partition coefficient (Wildman–Crippen LogP) is 3.76. The van der Waals surface area contributed by atoms with E-state index >= 15 is 0 Å². The van der Waals surface area contributed by atoms with E-state index < -0.39 is 6.51 Å². The van der Waals surface area contributed by atoms with Gasteiger partial charge in [0.05, 0.1) is 0 Å². The van der Waals surface area contributed by atoms with Crippen LogP contribution in [0, 0.1) is 0 Å². The molecule has 1 nitrogen and oxygen atoms in total. The van der Waals surface area contributed by atoms with Crippen molar-refractivity contribution in [1.29, 1.82) is 0 Å². The molecule has 10 fully saturated rings. The Morgan fingerprint density at radius 2 is 1.27 bits per heavy atom. The Bertz CT molecular complexity index is 771. The van der Waals surface area contributed by atoms with Crippen molar-refractivity contribution in [3.8, 4) is 0 Å². The molecule has 0 aliphatic carbocycles. The third-order valence-corrected chi connectivity index (χ3v) is 59.2. The quantitative estimate of drug-likeness (QED) is 0.645. The minimum atomic E-state index is -2.45. The summed E-state index contributed by atoms with van der Waals surface area (Å²) >= 11 is 0. The van der Waals surface area contributed by atoms with Crippen LogP contribution in [0.1, 0.15) is 13.8 Å². The van der Waals surface area contributed by atoms with Gasteiger partial charge in [0.25, 0.3) is 0 Å². The van der Waals surface area contributed by atoms with Crippen LogP contribution in [0.3, 0.4) is 0 Å². The summed E-state index contributed by atoms with van der Waals surface area (Å²) in [4.78, 5) is 14.0. The number of hydrogen-bond donors (Lipinski definition) is 1.